The van der Waals surface area contributed by atoms with Gasteiger partial charge in [-0.25, -0.2) is 0 Å². The number of rotatable bonds is 4. The molecule has 1 aromatic carbocycles. The number of hydrogen-bond acceptors (Lipinski definition) is 7. The second kappa shape index (κ2) is 6.47. The smallest absolute Gasteiger partial charge is 0.253 e. The molecule has 106 valence electrons. The summed E-state index contributed by atoms with van der Waals surface area (Å²) >= 11 is 4.55. The van der Waals surface area contributed by atoms with Gasteiger partial charge in [-0.1, -0.05) is 34.9 Å². The Morgan fingerprint density at radius 2 is 2.00 bits per heavy atom. The van der Waals surface area contributed by atoms with Crippen LogP contribution in [0, 0.1) is 0 Å². The first-order valence-electron chi connectivity index (χ1n) is 5.67. The van der Waals surface area contributed by atoms with Crippen molar-refractivity contribution in [1.82, 2.24) is 15.1 Å². The number of anilines is 1. The maximum Gasteiger partial charge on any atom is 0.253 e. The van der Waals surface area contributed by atoms with Gasteiger partial charge in [0.2, 0.25) is 0 Å². The van der Waals surface area contributed by atoms with Crippen LogP contribution in [0.15, 0.2) is 31.8 Å². The molecule has 0 bridgehead atoms. The Morgan fingerprint density at radius 3 is 2.55 bits per heavy atom. The Bertz CT molecular complexity index is 627. The number of carbonyl (C=O) groups is 1. The van der Waals surface area contributed by atoms with Gasteiger partial charge in [0, 0.05) is 30.2 Å². The molecule has 2 N–H and O–H groups in total. The largest absolute Gasteiger partial charge is 0.398 e. The van der Waals surface area contributed by atoms with Crippen LogP contribution in [0.3, 0.4) is 0 Å². The zero-order chi connectivity index (χ0) is 14.7. The zero-order valence-corrected chi connectivity index (χ0v) is 13.7. The fraction of sp³-hybridized carbons (Fsp3) is 0.250. The van der Waals surface area contributed by atoms with Crippen LogP contribution in [0.2, 0.25) is 0 Å². The number of nitrogen functional groups attached to an aromatic ring is 1. The third-order valence-corrected chi connectivity index (χ3v) is 5.46. The van der Waals surface area contributed by atoms with Gasteiger partial charge in [-0.15, -0.1) is 10.2 Å². The second-order valence-corrected chi connectivity index (χ2v) is 7.41. The van der Waals surface area contributed by atoms with Crippen LogP contribution in [-0.2, 0) is 0 Å². The lowest BCUT2D eigenvalue weighted by molar-refractivity contribution is 0.0827. The molecule has 1 heterocycles. The number of carbonyl (C=O) groups excluding carboxylic acids is 1. The van der Waals surface area contributed by atoms with Crippen LogP contribution in [0.5, 0.6) is 0 Å². The van der Waals surface area contributed by atoms with E-state index in [2.05, 4.69) is 10.2 Å². The van der Waals surface area contributed by atoms with Gasteiger partial charge in [-0.2, -0.15) is 0 Å². The molecule has 0 aliphatic heterocycles. The second-order valence-electron chi connectivity index (χ2n) is 4.09. The molecule has 0 saturated carbocycles. The molecule has 0 aliphatic rings. The monoisotopic (exact) mass is 326 g/mol. The molecule has 0 aliphatic carbocycles. The van der Waals surface area contributed by atoms with E-state index in [0.717, 1.165) is 13.6 Å². The summed E-state index contributed by atoms with van der Waals surface area (Å²) in [5.41, 5.74) is 7.16. The Labute approximate surface area is 130 Å². The molecular formula is C12H14N4OS3. The summed E-state index contributed by atoms with van der Waals surface area (Å²) < 4.78 is 1.76. The highest BCUT2D eigenvalue weighted by Crippen LogP contribution is 2.36. The Hall–Kier alpha value is -1.25. The molecule has 0 atom stereocenters. The Morgan fingerprint density at radius 1 is 1.30 bits per heavy atom. The van der Waals surface area contributed by atoms with Crippen molar-refractivity contribution in [2.75, 3.05) is 26.1 Å². The van der Waals surface area contributed by atoms with Crippen LogP contribution >= 0.6 is 34.9 Å². The molecule has 0 radical (unpaired) electrons. The van der Waals surface area contributed by atoms with Gasteiger partial charge in [0.05, 0.1) is 0 Å². The fourth-order valence-electron chi connectivity index (χ4n) is 1.45. The first kappa shape index (κ1) is 15.1. The topological polar surface area (TPSA) is 72.1 Å². The number of hydrogen-bond donors (Lipinski definition) is 1. The zero-order valence-electron chi connectivity index (χ0n) is 11.3. The van der Waals surface area contributed by atoms with Gasteiger partial charge in [0.1, 0.15) is 0 Å². The van der Waals surface area contributed by atoms with Crippen LogP contribution in [0.1, 0.15) is 10.4 Å². The van der Waals surface area contributed by atoms with E-state index in [9.17, 15) is 4.79 Å². The van der Waals surface area contributed by atoms with E-state index in [1.165, 1.54) is 28.0 Å². The van der Waals surface area contributed by atoms with Gasteiger partial charge in [0.15, 0.2) is 8.68 Å². The predicted octanol–water partition coefficient (Wildman–Crippen LogP) is 2.70. The highest BCUT2D eigenvalue weighted by molar-refractivity contribution is 8.03. The highest BCUT2D eigenvalue weighted by Gasteiger charge is 2.12. The number of aromatic nitrogens is 2. The molecule has 2 rings (SSSR count). The van der Waals surface area contributed by atoms with Crippen molar-refractivity contribution in [3.05, 3.63) is 23.8 Å². The van der Waals surface area contributed by atoms with E-state index in [1.807, 2.05) is 12.3 Å². The minimum Gasteiger partial charge on any atom is -0.398 e. The molecule has 1 aromatic heterocycles. The summed E-state index contributed by atoms with van der Waals surface area (Å²) in [6.07, 6.45) is 1.96. The SMILES string of the molecule is CSc1nnc(Sc2ccc(C(=O)N(C)C)cc2N)s1. The third kappa shape index (κ3) is 3.44. The van der Waals surface area contributed by atoms with E-state index in [-0.39, 0.29) is 5.91 Å². The Kier molecular flexibility index (Phi) is 4.90. The molecule has 8 heteroatoms. The minimum absolute atomic E-state index is 0.0613. The van der Waals surface area contributed by atoms with E-state index in [4.69, 9.17) is 5.73 Å². The van der Waals surface area contributed by atoms with Gasteiger partial charge in [-0.3, -0.25) is 4.79 Å². The maximum atomic E-state index is 11.8. The Balaban J connectivity index is 2.19. The van der Waals surface area contributed by atoms with E-state index < -0.39 is 0 Å². The summed E-state index contributed by atoms with van der Waals surface area (Å²) in [5, 5.41) is 8.13. The van der Waals surface area contributed by atoms with E-state index in [0.29, 0.717) is 11.3 Å². The van der Waals surface area contributed by atoms with Gasteiger partial charge < -0.3 is 10.6 Å². The van der Waals surface area contributed by atoms with Crippen LogP contribution in [0.4, 0.5) is 5.69 Å². The number of amides is 1. The number of thioether (sulfide) groups is 1. The fourth-order valence-corrected chi connectivity index (χ4v) is 3.87. The summed E-state index contributed by atoms with van der Waals surface area (Å²) in [4.78, 5) is 14.3. The molecule has 20 heavy (non-hydrogen) atoms. The van der Waals surface area contributed by atoms with Crippen molar-refractivity contribution in [3.63, 3.8) is 0 Å². The summed E-state index contributed by atoms with van der Waals surface area (Å²) in [5.74, 6) is -0.0613. The average Bonchev–Trinajstić information content (AvgIpc) is 2.88. The first-order chi connectivity index (χ1) is 9.51. The van der Waals surface area contributed by atoms with Gasteiger partial charge in [0.25, 0.3) is 5.91 Å². The lowest BCUT2D eigenvalue weighted by Crippen LogP contribution is -2.21. The van der Waals surface area contributed by atoms with Gasteiger partial charge >= 0.3 is 0 Å². The molecule has 5 nitrogen and oxygen atoms in total. The molecule has 0 saturated heterocycles. The normalized spacial score (nSPS) is 10.6. The quantitative estimate of drug-likeness (QED) is 0.688. The van der Waals surface area contributed by atoms with E-state index >= 15 is 0 Å². The molecule has 0 unspecified atom stereocenters. The molecule has 0 spiro atoms. The summed E-state index contributed by atoms with van der Waals surface area (Å²) in [7, 11) is 3.43. The predicted molar refractivity (Wildman–Crippen MR) is 84.7 cm³/mol. The minimum atomic E-state index is -0.0613. The first-order valence-corrected chi connectivity index (χ1v) is 8.53. The highest BCUT2D eigenvalue weighted by atomic mass is 32.2. The molecule has 0 fully saturated rings. The summed E-state index contributed by atoms with van der Waals surface area (Å²) in [6.45, 7) is 0. The average molecular weight is 326 g/mol. The molecule has 1 amide bonds. The summed E-state index contributed by atoms with van der Waals surface area (Å²) in [6, 6.07) is 5.32. The number of benzene rings is 1. The molecular weight excluding hydrogens is 312 g/mol. The van der Waals surface area contributed by atoms with Gasteiger partial charge in [-0.05, 0) is 24.5 Å². The van der Waals surface area contributed by atoms with Crippen molar-refractivity contribution in [3.8, 4) is 0 Å². The van der Waals surface area contributed by atoms with E-state index in [1.54, 1.807) is 38.0 Å². The lowest BCUT2D eigenvalue weighted by Gasteiger charge is -2.11. The van der Waals surface area contributed by atoms with Crippen LogP contribution in [0.25, 0.3) is 0 Å². The van der Waals surface area contributed by atoms with Crippen LogP contribution < -0.4 is 5.73 Å². The molecule has 2 aromatic rings. The van der Waals surface area contributed by atoms with Crippen molar-refractivity contribution in [1.29, 1.82) is 0 Å². The number of nitrogens with two attached hydrogens (primary N) is 1. The van der Waals surface area contributed by atoms with Crippen LogP contribution in [-0.4, -0.2) is 41.4 Å². The number of nitrogens with zero attached hydrogens (tertiary/aromatic N) is 3. The van der Waals surface area contributed by atoms with Crippen molar-refractivity contribution < 1.29 is 4.79 Å². The lowest BCUT2D eigenvalue weighted by atomic mass is 10.2. The third-order valence-electron chi connectivity index (χ3n) is 2.42. The van der Waals surface area contributed by atoms with Crippen molar-refractivity contribution in [2.45, 2.75) is 13.6 Å². The van der Waals surface area contributed by atoms with Crippen molar-refractivity contribution in [2.24, 2.45) is 0 Å². The maximum absolute atomic E-state index is 11.8. The van der Waals surface area contributed by atoms with Crippen molar-refractivity contribution >= 4 is 46.5 Å². The standard InChI is InChI=1S/C12H14N4OS3/c1-16(2)10(17)7-4-5-9(8(13)6-7)19-12-15-14-11(18-3)20-12/h4-6H,13H2,1-3H3.